The predicted molar refractivity (Wildman–Crippen MR) is 61.0 cm³/mol. The molecule has 2 rings (SSSR count). The van der Waals surface area contributed by atoms with Crippen LogP contribution in [0.1, 0.15) is 27.2 Å². The normalized spacial score (nSPS) is 36.5. The van der Waals surface area contributed by atoms with Crippen molar-refractivity contribution < 1.29 is 19.0 Å². The Bertz CT molecular complexity index is 337. The molecule has 5 heteroatoms. The van der Waals surface area contributed by atoms with Gasteiger partial charge in [0, 0.05) is 17.8 Å². The fraction of sp³-hybridized carbons (Fsp3) is 0.727. The summed E-state index contributed by atoms with van der Waals surface area (Å²) in [4.78, 5) is 10.9. The molecule has 0 bridgehead atoms. The van der Waals surface area contributed by atoms with Gasteiger partial charge in [0.1, 0.15) is 12.2 Å². The van der Waals surface area contributed by atoms with Gasteiger partial charge in [0.2, 0.25) is 0 Å². The number of hydrogen-bond acceptors (Lipinski definition) is 4. The standard InChI is InChI=1S/C11H15BrO4/c1-6(13)14-7-4-8(12)10-9(5-7)15-11(2,3)16-10/h4,7,9-10H,5H2,1-3H3/t7-,9-,10+/m0/s1. The Morgan fingerprint density at radius 2 is 2.25 bits per heavy atom. The second-order valence-corrected chi connectivity index (χ2v) is 5.45. The molecule has 0 aromatic carbocycles. The quantitative estimate of drug-likeness (QED) is 0.694. The highest BCUT2D eigenvalue weighted by atomic mass is 79.9. The number of carbonyl (C=O) groups is 1. The number of carbonyl (C=O) groups excluding carboxylic acids is 1. The molecule has 16 heavy (non-hydrogen) atoms. The highest BCUT2D eigenvalue weighted by Gasteiger charge is 2.46. The van der Waals surface area contributed by atoms with Gasteiger partial charge >= 0.3 is 5.97 Å². The lowest BCUT2D eigenvalue weighted by molar-refractivity contribution is -0.150. The van der Waals surface area contributed by atoms with E-state index in [0.29, 0.717) is 6.42 Å². The number of hydrogen-bond donors (Lipinski definition) is 0. The zero-order valence-electron chi connectivity index (χ0n) is 9.53. The average Bonchev–Trinajstić information content (AvgIpc) is 2.38. The molecular formula is C11H15BrO4. The van der Waals surface area contributed by atoms with Crippen molar-refractivity contribution in [1.29, 1.82) is 0 Å². The van der Waals surface area contributed by atoms with Gasteiger partial charge in [-0.1, -0.05) is 15.9 Å². The minimum atomic E-state index is -0.576. The number of esters is 1. The molecular weight excluding hydrogens is 276 g/mol. The van der Waals surface area contributed by atoms with Gasteiger partial charge in [0.05, 0.1) is 6.10 Å². The molecule has 0 N–H and O–H groups in total. The van der Waals surface area contributed by atoms with Crippen LogP contribution < -0.4 is 0 Å². The molecule has 0 aromatic heterocycles. The van der Waals surface area contributed by atoms with Gasteiger partial charge < -0.3 is 14.2 Å². The Hall–Kier alpha value is -0.390. The van der Waals surface area contributed by atoms with E-state index in [4.69, 9.17) is 14.2 Å². The Kier molecular flexibility index (Phi) is 3.11. The van der Waals surface area contributed by atoms with Crippen molar-refractivity contribution in [3.63, 3.8) is 0 Å². The maximum Gasteiger partial charge on any atom is 0.303 e. The number of halogens is 1. The van der Waals surface area contributed by atoms with Gasteiger partial charge in [0.25, 0.3) is 0 Å². The first-order valence-electron chi connectivity index (χ1n) is 5.27. The molecule has 3 atom stereocenters. The third kappa shape index (κ3) is 2.47. The molecule has 1 aliphatic carbocycles. The van der Waals surface area contributed by atoms with Crippen LogP contribution in [0.15, 0.2) is 10.6 Å². The Morgan fingerprint density at radius 3 is 2.88 bits per heavy atom. The van der Waals surface area contributed by atoms with Crippen LogP contribution in [0.2, 0.25) is 0 Å². The van der Waals surface area contributed by atoms with Crippen LogP contribution in [0.25, 0.3) is 0 Å². The van der Waals surface area contributed by atoms with E-state index in [1.54, 1.807) is 0 Å². The van der Waals surface area contributed by atoms with Crippen LogP contribution in [-0.2, 0) is 19.0 Å². The second kappa shape index (κ2) is 4.13. The van der Waals surface area contributed by atoms with E-state index in [1.807, 2.05) is 19.9 Å². The molecule has 2 aliphatic rings. The van der Waals surface area contributed by atoms with Gasteiger partial charge in [-0.3, -0.25) is 4.79 Å². The zero-order valence-corrected chi connectivity index (χ0v) is 11.1. The molecule has 4 nitrogen and oxygen atoms in total. The third-order valence-corrected chi connectivity index (χ3v) is 3.30. The highest BCUT2D eigenvalue weighted by Crippen LogP contribution is 2.39. The fourth-order valence-electron chi connectivity index (χ4n) is 2.11. The largest absolute Gasteiger partial charge is 0.458 e. The molecule has 1 fully saturated rings. The van der Waals surface area contributed by atoms with Crippen molar-refractivity contribution in [3.05, 3.63) is 10.6 Å². The van der Waals surface area contributed by atoms with Gasteiger partial charge in [-0.05, 0) is 19.9 Å². The lowest BCUT2D eigenvalue weighted by Crippen LogP contribution is -2.33. The van der Waals surface area contributed by atoms with Crippen LogP contribution in [-0.4, -0.2) is 30.1 Å². The molecule has 0 unspecified atom stereocenters. The average molecular weight is 291 g/mol. The van der Waals surface area contributed by atoms with E-state index in [1.165, 1.54) is 6.92 Å². The summed E-state index contributed by atoms with van der Waals surface area (Å²) in [7, 11) is 0. The first-order chi connectivity index (χ1) is 7.37. The zero-order chi connectivity index (χ0) is 11.9. The highest BCUT2D eigenvalue weighted by molar-refractivity contribution is 9.11. The summed E-state index contributed by atoms with van der Waals surface area (Å²) in [5.41, 5.74) is 0. The third-order valence-electron chi connectivity index (χ3n) is 2.58. The smallest absolute Gasteiger partial charge is 0.303 e. The van der Waals surface area contributed by atoms with Gasteiger partial charge in [-0.15, -0.1) is 0 Å². The predicted octanol–water partition coefficient (Wildman–Crippen LogP) is 2.12. The topological polar surface area (TPSA) is 44.8 Å². The van der Waals surface area contributed by atoms with Crippen LogP contribution >= 0.6 is 15.9 Å². The summed E-state index contributed by atoms with van der Waals surface area (Å²) in [6.45, 7) is 5.17. The Balaban J connectivity index is 2.11. The molecule has 0 saturated carbocycles. The molecule has 0 amide bonds. The van der Waals surface area contributed by atoms with E-state index in [-0.39, 0.29) is 24.3 Å². The summed E-state index contributed by atoms with van der Waals surface area (Å²) >= 11 is 3.44. The first-order valence-corrected chi connectivity index (χ1v) is 6.07. The molecule has 0 aromatic rings. The van der Waals surface area contributed by atoms with E-state index in [2.05, 4.69) is 15.9 Å². The SMILES string of the molecule is CC(=O)O[C@H]1C=C(Br)[C@H]2OC(C)(C)O[C@H]2C1. The maximum absolute atomic E-state index is 10.9. The van der Waals surface area contributed by atoms with Crippen LogP contribution in [0.4, 0.5) is 0 Å². The number of ether oxygens (including phenoxy) is 3. The number of rotatable bonds is 1. The molecule has 1 aliphatic heterocycles. The van der Waals surface area contributed by atoms with Crippen molar-refractivity contribution in [1.82, 2.24) is 0 Å². The summed E-state index contributed by atoms with van der Waals surface area (Å²) < 4.78 is 17.5. The number of fused-ring (bicyclic) bond motifs is 1. The molecule has 0 radical (unpaired) electrons. The van der Waals surface area contributed by atoms with E-state index in [0.717, 1.165) is 4.48 Å². The van der Waals surface area contributed by atoms with Gasteiger partial charge in [-0.25, -0.2) is 0 Å². The maximum atomic E-state index is 10.9. The summed E-state index contributed by atoms with van der Waals surface area (Å²) in [5, 5.41) is 0. The van der Waals surface area contributed by atoms with E-state index >= 15 is 0 Å². The van der Waals surface area contributed by atoms with E-state index in [9.17, 15) is 4.79 Å². The minimum absolute atomic E-state index is 0.0567. The summed E-state index contributed by atoms with van der Waals surface area (Å²) in [5.74, 6) is -0.856. The summed E-state index contributed by atoms with van der Waals surface area (Å²) in [6, 6.07) is 0. The van der Waals surface area contributed by atoms with Crippen molar-refractivity contribution in [2.45, 2.75) is 51.3 Å². The van der Waals surface area contributed by atoms with Gasteiger partial charge in [-0.2, -0.15) is 0 Å². The molecule has 0 spiro atoms. The lowest BCUT2D eigenvalue weighted by atomic mass is 9.99. The lowest BCUT2D eigenvalue weighted by Gasteiger charge is -2.26. The van der Waals surface area contributed by atoms with E-state index < -0.39 is 5.79 Å². The first kappa shape index (κ1) is 12.1. The minimum Gasteiger partial charge on any atom is -0.458 e. The van der Waals surface area contributed by atoms with Crippen molar-refractivity contribution >= 4 is 21.9 Å². The molecule has 1 saturated heterocycles. The molecule has 1 heterocycles. The summed E-state index contributed by atoms with van der Waals surface area (Å²) in [6.07, 6.45) is 2.14. The monoisotopic (exact) mass is 290 g/mol. The molecule has 90 valence electrons. The fourth-order valence-corrected chi connectivity index (χ4v) is 2.79. The van der Waals surface area contributed by atoms with Crippen molar-refractivity contribution in [3.8, 4) is 0 Å². The second-order valence-electron chi connectivity index (χ2n) is 4.53. The van der Waals surface area contributed by atoms with Crippen LogP contribution in [0, 0.1) is 0 Å². The van der Waals surface area contributed by atoms with Crippen LogP contribution in [0.5, 0.6) is 0 Å². The van der Waals surface area contributed by atoms with Crippen molar-refractivity contribution in [2.24, 2.45) is 0 Å². The van der Waals surface area contributed by atoms with Crippen molar-refractivity contribution in [2.75, 3.05) is 0 Å². The van der Waals surface area contributed by atoms with Gasteiger partial charge in [0.15, 0.2) is 5.79 Å². The van der Waals surface area contributed by atoms with Crippen LogP contribution in [0.3, 0.4) is 0 Å². The Labute approximate surface area is 103 Å². The Morgan fingerprint density at radius 1 is 1.56 bits per heavy atom.